The summed E-state index contributed by atoms with van der Waals surface area (Å²) in [6.45, 7) is 2.59. The summed E-state index contributed by atoms with van der Waals surface area (Å²) in [5.41, 5.74) is 4.12. The van der Waals surface area contributed by atoms with E-state index in [1.165, 1.54) is 0 Å². The smallest absolute Gasteiger partial charge is 0.269 e. The van der Waals surface area contributed by atoms with E-state index in [0.717, 1.165) is 33.9 Å². The van der Waals surface area contributed by atoms with Crippen molar-refractivity contribution < 1.29 is 14.3 Å². The lowest BCUT2D eigenvalue weighted by Gasteiger charge is -2.25. The van der Waals surface area contributed by atoms with Crippen LogP contribution in [-0.2, 0) is 0 Å². The highest BCUT2D eigenvalue weighted by atomic mass is 16.7. The van der Waals surface area contributed by atoms with Gasteiger partial charge >= 0.3 is 0 Å². The Morgan fingerprint density at radius 3 is 2.69 bits per heavy atom. The number of aromatic amines is 1. The van der Waals surface area contributed by atoms with Crippen molar-refractivity contribution in [3.05, 3.63) is 65.4 Å². The standard InChI is InChI=1S/C22H24N4O3/c1-14-20(15-7-5-4-6-8-15)24-25-21(14)22(27)23-12-17(26(2)3)16-9-10-18-19(11-16)29-13-28-18/h4-11,17H,12-13H2,1-3H3,(H,23,27)(H,24,25)/t17-/m0/s1. The first-order valence-electron chi connectivity index (χ1n) is 9.49. The predicted octanol–water partition coefficient (Wildman–Crippen LogP) is 3.15. The quantitative estimate of drug-likeness (QED) is 0.674. The molecule has 0 aliphatic carbocycles. The van der Waals surface area contributed by atoms with Crippen LogP contribution in [0.15, 0.2) is 48.5 Å². The third-order valence-corrected chi connectivity index (χ3v) is 5.14. The first-order chi connectivity index (χ1) is 14.0. The zero-order valence-electron chi connectivity index (χ0n) is 16.7. The fraction of sp³-hybridized carbons (Fsp3) is 0.273. The third kappa shape index (κ3) is 3.82. The van der Waals surface area contributed by atoms with Gasteiger partial charge in [-0.3, -0.25) is 9.89 Å². The van der Waals surface area contributed by atoms with E-state index in [1.807, 2.05) is 69.6 Å². The van der Waals surface area contributed by atoms with E-state index in [0.29, 0.717) is 12.2 Å². The summed E-state index contributed by atoms with van der Waals surface area (Å²) in [7, 11) is 3.97. The van der Waals surface area contributed by atoms with Gasteiger partial charge in [0.05, 0.1) is 11.7 Å². The predicted molar refractivity (Wildman–Crippen MR) is 110 cm³/mol. The molecule has 0 radical (unpaired) electrons. The van der Waals surface area contributed by atoms with Crippen molar-refractivity contribution in [1.82, 2.24) is 20.4 Å². The van der Waals surface area contributed by atoms with Crippen LogP contribution >= 0.6 is 0 Å². The van der Waals surface area contributed by atoms with E-state index in [1.54, 1.807) is 0 Å². The summed E-state index contributed by atoms with van der Waals surface area (Å²) in [6, 6.07) is 15.7. The number of rotatable bonds is 6. The second-order valence-corrected chi connectivity index (χ2v) is 7.24. The van der Waals surface area contributed by atoms with Gasteiger partial charge in [-0.2, -0.15) is 5.10 Å². The molecule has 2 heterocycles. The second-order valence-electron chi connectivity index (χ2n) is 7.24. The van der Waals surface area contributed by atoms with Crippen LogP contribution < -0.4 is 14.8 Å². The zero-order valence-corrected chi connectivity index (χ0v) is 16.7. The van der Waals surface area contributed by atoms with Crippen LogP contribution in [0.4, 0.5) is 0 Å². The van der Waals surface area contributed by atoms with Crippen molar-refractivity contribution in [1.29, 1.82) is 0 Å². The number of amides is 1. The molecule has 0 fully saturated rings. The minimum absolute atomic E-state index is 0.00901. The highest BCUT2D eigenvalue weighted by molar-refractivity contribution is 5.95. The van der Waals surface area contributed by atoms with Gasteiger partial charge in [-0.05, 0) is 38.7 Å². The first kappa shape index (κ1) is 19.0. The van der Waals surface area contributed by atoms with Gasteiger partial charge in [0.1, 0.15) is 5.69 Å². The lowest BCUT2D eigenvalue weighted by molar-refractivity contribution is 0.0936. The minimum Gasteiger partial charge on any atom is -0.454 e. The van der Waals surface area contributed by atoms with Gasteiger partial charge in [0.15, 0.2) is 11.5 Å². The van der Waals surface area contributed by atoms with Crippen molar-refractivity contribution in [2.75, 3.05) is 27.4 Å². The maximum absolute atomic E-state index is 12.8. The van der Waals surface area contributed by atoms with Crippen LogP contribution in [0.2, 0.25) is 0 Å². The van der Waals surface area contributed by atoms with Crippen molar-refractivity contribution in [2.45, 2.75) is 13.0 Å². The molecule has 1 aromatic heterocycles. The number of H-pyrrole nitrogens is 1. The van der Waals surface area contributed by atoms with Gasteiger partial charge in [0.25, 0.3) is 5.91 Å². The van der Waals surface area contributed by atoms with E-state index in [2.05, 4.69) is 20.4 Å². The molecule has 0 saturated heterocycles. The van der Waals surface area contributed by atoms with E-state index >= 15 is 0 Å². The number of nitrogens with zero attached hydrogens (tertiary/aromatic N) is 2. The molecule has 0 bridgehead atoms. The molecule has 0 unspecified atom stereocenters. The minimum atomic E-state index is -0.176. The average Bonchev–Trinajstić information content (AvgIpc) is 3.34. The zero-order chi connectivity index (χ0) is 20.4. The van der Waals surface area contributed by atoms with E-state index in [4.69, 9.17) is 9.47 Å². The van der Waals surface area contributed by atoms with E-state index in [-0.39, 0.29) is 18.7 Å². The lowest BCUT2D eigenvalue weighted by Crippen LogP contribution is -2.35. The van der Waals surface area contributed by atoms with Crippen LogP contribution in [0.25, 0.3) is 11.3 Å². The Morgan fingerprint density at radius 2 is 1.93 bits per heavy atom. The van der Waals surface area contributed by atoms with Crippen molar-refractivity contribution in [3.63, 3.8) is 0 Å². The molecule has 2 N–H and O–H groups in total. The Bertz CT molecular complexity index is 1010. The number of hydrogen-bond acceptors (Lipinski definition) is 5. The summed E-state index contributed by atoms with van der Waals surface area (Å²) in [5.74, 6) is 1.30. The van der Waals surface area contributed by atoms with Crippen molar-refractivity contribution >= 4 is 5.91 Å². The maximum atomic E-state index is 12.8. The lowest BCUT2D eigenvalue weighted by atomic mass is 10.0. The first-order valence-corrected chi connectivity index (χ1v) is 9.49. The van der Waals surface area contributed by atoms with Crippen LogP contribution in [0.3, 0.4) is 0 Å². The van der Waals surface area contributed by atoms with Crippen molar-refractivity contribution in [2.24, 2.45) is 0 Å². The van der Waals surface area contributed by atoms with Gasteiger partial charge in [-0.1, -0.05) is 36.4 Å². The molecule has 2 aromatic carbocycles. The Morgan fingerprint density at radius 1 is 1.17 bits per heavy atom. The van der Waals surface area contributed by atoms with Gasteiger partial charge < -0.3 is 19.7 Å². The number of nitrogens with one attached hydrogen (secondary N) is 2. The molecular formula is C22H24N4O3. The van der Waals surface area contributed by atoms with Crippen LogP contribution in [-0.4, -0.2) is 48.4 Å². The van der Waals surface area contributed by atoms with Gasteiger partial charge in [-0.15, -0.1) is 0 Å². The van der Waals surface area contributed by atoms with Crippen LogP contribution in [0, 0.1) is 6.92 Å². The average molecular weight is 392 g/mol. The summed E-state index contributed by atoms with van der Waals surface area (Å²) < 4.78 is 10.9. The van der Waals surface area contributed by atoms with E-state index < -0.39 is 0 Å². The number of carbonyl (C=O) groups is 1. The van der Waals surface area contributed by atoms with Crippen molar-refractivity contribution in [3.8, 4) is 22.8 Å². The summed E-state index contributed by atoms with van der Waals surface area (Å²) >= 11 is 0. The third-order valence-electron chi connectivity index (χ3n) is 5.14. The van der Waals surface area contributed by atoms with Gasteiger partial charge in [0, 0.05) is 17.7 Å². The maximum Gasteiger partial charge on any atom is 0.269 e. The fourth-order valence-corrected chi connectivity index (χ4v) is 3.49. The van der Waals surface area contributed by atoms with Gasteiger partial charge in [0.2, 0.25) is 6.79 Å². The van der Waals surface area contributed by atoms with Crippen LogP contribution in [0.1, 0.15) is 27.7 Å². The monoisotopic (exact) mass is 392 g/mol. The summed E-state index contributed by atoms with van der Waals surface area (Å²) in [6.07, 6.45) is 0. The van der Waals surface area contributed by atoms with E-state index in [9.17, 15) is 4.79 Å². The fourth-order valence-electron chi connectivity index (χ4n) is 3.49. The molecule has 29 heavy (non-hydrogen) atoms. The second kappa shape index (κ2) is 7.97. The molecule has 150 valence electrons. The molecule has 1 atom stereocenters. The highest BCUT2D eigenvalue weighted by Crippen LogP contribution is 2.35. The molecule has 7 heteroatoms. The van der Waals surface area contributed by atoms with Crippen LogP contribution in [0.5, 0.6) is 11.5 Å². The number of ether oxygens (including phenoxy) is 2. The Balaban J connectivity index is 1.49. The molecule has 7 nitrogen and oxygen atoms in total. The summed E-state index contributed by atoms with van der Waals surface area (Å²) in [4.78, 5) is 14.9. The molecule has 0 saturated carbocycles. The van der Waals surface area contributed by atoms with Gasteiger partial charge in [-0.25, -0.2) is 0 Å². The summed E-state index contributed by atoms with van der Waals surface area (Å²) in [5, 5.41) is 10.3. The number of carbonyl (C=O) groups excluding carboxylic acids is 1. The largest absolute Gasteiger partial charge is 0.454 e. The number of likely N-dealkylation sites (N-methyl/N-ethyl adjacent to an activating group) is 1. The molecule has 4 rings (SSSR count). The molecule has 3 aromatic rings. The normalized spacial score (nSPS) is 13.5. The highest BCUT2D eigenvalue weighted by Gasteiger charge is 2.22. The number of hydrogen-bond donors (Lipinski definition) is 2. The molecule has 1 aliphatic heterocycles. The Kier molecular flexibility index (Phi) is 5.22. The number of aromatic nitrogens is 2. The SMILES string of the molecule is Cc1c(-c2ccccc2)n[nH]c1C(=O)NC[C@@H](c1ccc2c(c1)OCO2)N(C)C. The number of benzene rings is 2. The number of fused-ring (bicyclic) bond motifs is 1. The Labute approximate surface area is 169 Å². The molecule has 1 aliphatic rings. The molecule has 0 spiro atoms. The topological polar surface area (TPSA) is 79.5 Å². The molecular weight excluding hydrogens is 368 g/mol. The Hall–Kier alpha value is -3.32. The molecule has 1 amide bonds.